The number of nitrogens with two attached hydrogens (primary N) is 1. The lowest BCUT2D eigenvalue weighted by atomic mass is 10.2. The zero-order chi connectivity index (χ0) is 12.3. The SMILES string of the molecule is NC/C=C/C(=O)N1CCCC1C(=O)NC1CC1. The van der Waals surface area contributed by atoms with Crippen molar-refractivity contribution in [3.63, 3.8) is 0 Å². The molecular formula is C12H19N3O2. The van der Waals surface area contributed by atoms with E-state index >= 15 is 0 Å². The average Bonchev–Trinajstić information content (AvgIpc) is 2.98. The van der Waals surface area contributed by atoms with Gasteiger partial charge < -0.3 is 16.0 Å². The van der Waals surface area contributed by atoms with Gasteiger partial charge in [0.15, 0.2) is 0 Å². The van der Waals surface area contributed by atoms with Crippen molar-refractivity contribution in [1.29, 1.82) is 0 Å². The van der Waals surface area contributed by atoms with Crippen molar-refractivity contribution in [3.8, 4) is 0 Å². The molecule has 1 atom stereocenters. The maximum absolute atomic E-state index is 11.9. The lowest BCUT2D eigenvalue weighted by molar-refractivity contribution is -0.135. The van der Waals surface area contributed by atoms with Crippen LogP contribution in [0.1, 0.15) is 25.7 Å². The highest BCUT2D eigenvalue weighted by atomic mass is 16.2. The fraction of sp³-hybridized carbons (Fsp3) is 0.667. The van der Waals surface area contributed by atoms with Gasteiger partial charge in [-0.1, -0.05) is 6.08 Å². The molecule has 17 heavy (non-hydrogen) atoms. The molecule has 0 bridgehead atoms. The van der Waals surface area contributed by atoms with Crippen molar-refractivity contribution in [1.82, 2.24) is 10.2 Å². The van der Waals surface area contributed by atoms with Gasteiger partial charge in [0.05, 0.1) is 0 Å². The van der Waals surface area contributed by atoms with Gasteiger partial charge in [0, 0.05) is 25.2 Å². The first kappa shape index (κ1) is 12.1. The summed E-state index contributed by atoms with van der Waals surface area (Å²) in [6.07, 6.45) is 6.88. The molecule has 1 saturated carbocycles. The molecule has 2 aliphatic rings. The quantitative estimate of drug-likeness (QED) is 0.663. The van der Waals surface area contributed by atoms with E-state index in [9.17, 15) is 9.59 Å². The number of hydrogen-bond acceptors (Lipinski definition) is 3. The topological polar surface area (TPSA) is 75.4 Å². The summed E-state index contributed by atoms with van der Waals surface area (Å²) < 4.78 is 0. The third kappa shape index (κ3) is 3.06. The zero-order valence-electron chi connectivity index (χ0n) is 9.89. The zero-order valence-corrected chi connectivity index (χ0v) is 9.89. The number of hydrogen-bond donors (Lipinski definition) is 2. The van der Waals surface area contributed by atoms with E-state index in [1.54, 1.807) is 11.0 Å². The van der Waals surface area contributed by atoms with Crippen molar-refractivity contribution < 1.29 is 9.59 Å². The normalized spacial score (nSPS) is 24.3. The van der Waals surface area contributed by atoms with Crippen molar-refractivity contribution in [3.05, 3.63) is 12.2 Å². The summed E-state index contributed by atoms with van der Waals surface area (Å²) in [5.41, 5.74) is 5.31. The molecule has 2 amide bonds. The van der Waals surface area contributed by atoms with Gasteiger partial charge in [0.1, 0.15) is 6.04 Å². The molecule has 1 aliphatic heterocycles. The summed E-state index contributed by atoms with van der Waals surface area (Å²) in [7, 11) is 0. The lowest BCUT2D eigenvalue weighted by Gasteiger charge is -2.22. The molecular weight excluding hydrogens is 218 g/mol. The summed E-state index contributed by atoms with van der Waals surface area (Å²) >= 11 is 0. The maximum Gasteiger partial charge on any atom is 0.246 e. The molecule has 3 N–H and O–H groups in total. The Morgan fingerprint density at radius 2 is 2.12 bits per heavy atom. The predicted octanol–water partition coefficient (Wildman–Crippen LogP) is -0.229. The van der Waals surface area contributed by atoms with Crippen LogP contribution in [0.2, 0.25) is 0 Å². The highest BCUT2D eigenvalue weighted by Gasteiger charge is 2.35. The molecule has 1 saturated heterocycles. The molecule has 1 aliphatic carbocycles. The summed E-state index contributed by atoms with van der Waals surface area (Å²) in [5.74, 6) is -0.108. The fourth-order valence-corrected chi connectivity index (χ4v) is 2.09. The molecule has 1 heterocycles. The fourth-order valence-electron chi connectivity index (χ4n) is 2.09. The Bertz CT molecular complexity index is 337. The van der Waals surface area contributed by atoms with Gasteiger partial charge in [-0.3, -0.25) is 9.59 Å². The summed E-state index contributed by atoms with van der Waals surface area (Å²) in [6, 6.07) is 0.0603. The molecule has 2 fully saturated rings. The molecule has 0 spiro atoms. The van der Waals surface area contributed by atoms with Crippen LogP contribution in [0.4, 0.5) is 0 Å². The molecule has 0 aromatic rings. The van der Waals surface area contributed by atoms with Gasteiger partial charge in [0.2, 0.25) is 11.8 Å². The third-order valence-corrected chi connectivity index (χ3v) is 3.16. The van der Waals surface area contributed by atoms with E-state index in [-0.39, 0.29) is 17.9 Å². The van der Waals surface area contributed by atoms with E-state index in [2.05, 4.69) is 5.32 Å². The minimum absolute atomic E-state index is 0.000464. The second-order valence-electron chi connectivity index (χ2n) is 4.61. The predicted molar refractivity (Wildman–Crippen MR) is 64.1 cm³/mol. The van der Waals surface area contributed by atoms with Gasteiger partial charge >= 0.3 is 0 Å². The monoisotopic (exact) mass is 237 g/mol. The second-order valence-corrected chi connectivity index (χ2v) is 4.61. The lowest BCUT2D eigenvalue weighted by Crippen LogP contribution is -2.46. The second kappa shape index (κ2) is 5.31. The van der Waals surface area contributed by atoms with Crippen LogP contribution in [-0.2, 0) is 9.59 Å². The summed E-state index contributed by atoms with van der Waals surface area (Å²) in [6.45, 7) is 1.01. The van der Waals surface area contributed by atoms with E-state index in [4.69, 9.17) is 5.73 Å². The van der Waals surface area contributed by atoms with Crippen LogP contribution >= 0.6 is 0 Å². The van der Waals surface area contributed by atoms with Crippen LogP contribution in [0.25, 0.3) is 0 Å². The van der Waals surface area contributed by atoms with Gasteiger partial charge in [-0.15, -0.1) is 0 Å². The van der Waals surface area contributed by atoms with Gasteiger partial charge in [-0.25, -0.2) is 0 Å². The third-order valence-electron chi connectivity index (χ3n) is 3.16. The summed E-state index contributed by atoms with van der Waals surface area (Å²) in [5, 5.41) is 2.96. The summed E-state index contributed by atoms with van der Waals surface area (Å²) in [4.78, 5) is 25.4. The molecule has 1 unspecified atom stereocenters. The highest BCUT2D eigenvalue weighted by Crippen LogP contribution is 2.22. The number of rotatable bonds is 4. The first-order chi connectivity index (χ1) is 8.22. The number of amides is 2. The Kier molecular flexibility index (Phi) is 3.78. The van der Waals surface area contributed by atoms with Crippen LogP contribution in [0, 0.1) is 0 Å². The Hall–Kier alpha value is -1.36. The molecule has 0 radical (unpaired) electrons. The standard InChI is InChI=1S/C12H19N3O2/c13-7-1-4-11(16)15-8-2-3-10(15)12(17)14-9-5-6-9/h1,4,9-10H,2-3,5-8,13H2,(H,14,17)/b4-1+. The number of nitrogens with zero attached hydrogens (tertiary/aromatic N) is 1. The van der Waals surface area contributed by atoms with E-state index in [1.807, 2.05) is 0 Å². The molecule has 5 heteroatoms. The number of likely N-dealkylation sites (tertiary alicyclic amines) is 1. The first-order valence-corrected chi connectivity index (χ1v) is 6.20. The Morgan fingerprint density at radius 1 is 1.35 bits per heavy atom. The number of carbonyl (C=O) groups is 2. The molecule has 94 valence electrons. The van der Waals surface area contributed by atoms with Gasteiger partial charge in [-0.2, -0.15) is 0 Å². The maximum atomic E-state index is 11.9. The molecule has 5 nitrogen and oxygen atoms in total. The molecule has 0 aromatic carbocycles. The Labute approximate surface area is 101 Å². The van der Waals surface area contributed by atoms with Crippen molar-refractivity contribution >= 4 is 11.8 Å². The average molecular weight is 237 g/mol. The van der Waals surface area contributed by atoms with Crippen molar-refractivity contribution in [2.75, 3.05) is 13.1 Å². The van der Waals surface area contributed by atoms with Gasteiger partial charge in [-0.05, 0) is 25.7 Å². The molecule has 2 rings (SSSR count). The van der Waals surface area contributed by atoms with Gasteiger partial charge in [0.25, 0.3) is 0 Å². The number of carbonyl (C=O) groups excluding carboxylic acids is 2. The van der Waals surface area contributed by atoms with E-state index in [1.165, 1.54) is 6.08 Å². The van der Waals surface area contributed by atoms with Crippen molar-refractivity contribution in [2.24, 2.45) is 5.73 Å². The first-order valence-electron chi connectivity index (χ1n) is 6.20. The Balaban J connectivity index is 1.93. The highest BCUT2D eigenvalue weighted by molar-refractivity contribution is 5.93. The largest absolute Gasteiger partial charge is 0.352 e. The van der Waals surface area contributed by atoms with Crippen LogP contribution in [0.3, 0.4) is 0 Å². The van der Waals surface area contributed by atoms with E-state index < -0.39 is 0 Å². The van der Waals surface area contributed by atoms with E-state index in [0.717, 1.165) is 25.7 Å². The van der Waals surface area contributed by atoms with Crippen molar-refractivity contribution in [2.45, 2.75) is 37.8 Å². The van der Waals surface area contributed by atoms with E-state index in [0.29, 0.717) is 19.1 Å². The van der Waals surface area contributed by atoms with Crippen LogP contribution in [0.5, 0.6) is 0 Å². The minimum Gasteiger partial charge on any atom is -0.352 e. The van der Waals surface area contributed by atoms with Crippen LogP contribution < -0.4 is 11.1 Å². The molecule has 0 aromatic heterocycles. The van der Waals surface area contributed by atoms with Crippen LogP contribution in [0.15, 0.2) is 12.2 Å². The smallest absolute Gasteiger partial charge is 0.246 e. The number of nitrogens with one attached hydrogen (secondary N) is 1. The van der Waals surface area contributed by atoms with Crippen LogP contribution in [-0.4, -0.2) is 41.9 Å². The minimum atomic E-state index is -0.287. The Morgan fingerprint density at radius 3 is 2.76 bits per heavy atom.